The summed E-state index contributed by atoms with van der Waals surface area (Å²) >= 11 is 0. The molecule has 148 valence electrons. The van der Waals surface area contributed by atoms with Crippen LogP contribution in [0, 0.1) is 12.7 Å². The van der Waals surface area contributed by atoms with Crippen LogP contribution in [0.15, 0.2) is 53.3 Å². The summed E-state index contributed by atoms with van der Waals surface area (Å²) in [6.07, 6.45) is 0. The van der Waals surface area contributed by atoms with Crippen molar-refractivity contribution in [2.24, 2.45) is 0 Å². The van der Waals surface area contributed by atoms with Crippen LogP contribution in [0.25, 0.3) is 11.3 Å². The van der Waals surface area contributed by atoms with Crippen LogP contribution in [0.4, 0.5) is 10.1 Å². The van der Waals surface area contributed by atoms with E-state index >= 15 is 0 Å². The van der Waals surface area contributed by atoms with E-state index in [2.05, 4.69) is 20.1 Å². The van der Waals surface area contributed by atoms with Crippen molar-refractivity contribution in [1.29, 1.82) is 0 Å². The third-order valence-electron chi connectivity index (χ3n) is 4.98. The summed E-state index contributed by atoms with van der Waals surface area (Å²) in [6.45, 7) is 3.58. The third kappa shape index (κ3) is 3.87. The molecular formula is C21H20FN5O2. The normalized spacial score (nSPS) is 14.1. The predicted molar refractivity (Wildman–Crippen MR) is 107 cm³/mol. The molecule has 3 aromatic rings. The van der Waals surface area contributed by atoms with E-state index in [0.717, 1.165) is 11.3 Å². The van der Waals surface area contributed by atoms with Crippen LogP contribution in [0.5, 0.6) is 0 Å². The van der Waals surface area contributed by atoms with Gasteiger partial charge in [0, 0.05) is 37.8 Å². The van der Waals surface area contributed by atoms with Crippen LogP contribution in [0.1, 0.15) is 16.2 Å². The molecule has 1 saturated heterocycles. The molecule has 0 bridgehead atoms. The Bertz CT molecular complexity index is 1090. The van der Waals surface area contributed by atoms with Crippen molar-refractivity contribution < 1.29 is 9.18 Å². The Morgan fingerprint density at radius 1 is 1.07 bits per heavy atom. The highest BCUT2D eigenvalue weighted by Gasteiger charge is 2.25. The Morgan fingerprint density at radius 2 is 1.79 bits per heavy atom. The molecule has 0 saturated carbocycles. The molecule has 1 amide bonds. The predicted octanol–water partition coefficient (Wildman–Crippen LogP) is 2.24. The molecule has 3 heterocycles. The Kier molecular flexibility index (Phi) is 5.07. The molecule has 0 aliphatic carbocycles. The monoisotopic (exact) mass is 393 g/mol. The number of anilines is 1. The molecule has 1 N–H and O–H groups in total. The van der Waals surface area contributed by atoms with Gasteiger partial charge in [0.05, 0.1) is 11.4 Å². The van der Waals surface area contributed by atoms with Gasteiger partial charge in [0.1, 0.15) is 17.2 Å². The SMILES string of the molecule is Cc1nc(C(=O)N2CCN(c3cc(=O)[nH]nc3-c3ccccc3)CC2)ccc1F. The maximum Gasteiger partial charge on any atom is 0.272 e. The van der Waals surface area contributed by atoms with Crippen LogP contribution in [0.3, 0.4) is 0 Å². The molecular weight excluding hydrogens is 373 g/mol. The van der Waals surface area contributed by atoms with E-state index in [9.17, 15) is 14.0 Å². The highest BCUT2D eigenvalue weighted by molar-refractivity contribution is 5.92. The van der Waals surface area contributed by atoms with Gasteiger partial charge in [-0.15, -0.1) is 0 Å². The van der Waals surface area contributed by atoms with Gasteiger partial charge >= 0.3 is 0 Å². The second kappa shape index (κ2) is 7.83. The Labute approximate surface area is 166 Å². The number of rotatable bonds is 3. The Hall–Kier alpha value is -3.55. The largest absolute Gasteiger partial charge is 0.366 e. The number of aromatic amines is 1. The first kappa shape index (κ1) is 18.8. The molecule has 0 atom stereocenters. The standard InChI is InChI=1S/C21H20FN5O2/c1-14-16(22)7-8-17(23-14)21(29)27-11-9-26(10-12-27)18-13-19(28)24-25-20(18)15-5-3-2-4-6-15/h2-8,13H,9-12H2,1H3,(H,24,28). The molecule has 2 aromatic heterocycles. The molecule has 4 rings (SSSR count). The number of pyridine rings is 1. The van der Waals surface area contributed by atoms with Crippen LogP contribution in [0.2, 0.25) is 0 Å². The summed E-state index contributed by atoms with van der Waals surface area (Å²) in [5, 5.41) is 6.74. The van der Waals surface area contributed by atoms with Crippen molar-refractivity contribution in [3.05, 3.63) is 76.1 Å². The zero-order valence-electron chi connectivity index (χ0n) is 15.9. The van der Waals surface area contributed by atoms with E-state index in [4.69, 9.17) is 0 Å². The number of hydrogen-bond donors (Lipinski definition) is 1. The van der Waals surface area contributed by atoms with Crippen molar-refractivity contribution in [1.82, 2.24) is 20.1 Å². The second-order valence-corrected chi connectivity index (χ2v) is 6.88. The van der Waals surface area contributed by atoms with Crippen molar-refractivity contribution in [3.8, 4) is 11.3 Å². The minimum absolute atomic E-state index is 0.205. The number of hydrogen-bond acceptors (Lipinski definition) is 5. The summed E-state index contributed by atoms with van der Waals surface area (Å²) in [4.78, 5) is 32.4. The second-order valence-electron chi connectivity index (χ2n) is 6.88. The number of nitrogens with one attached hydrogen (secondary N) is 1. The topological polar surface area (TPSA) is 82.2 Å². The zero-order chi connectivity index (χ0) is 20.4. The first-order chi connectivity index (χ1) is 14.0. The van der Waals surface area contributed by atoms with Crippen molar-refractivity contribution in [2.45, 2.75) is 6.92 Å². The lowest BCUT2D eigenvalue weighted by Crippen LogP contribution is -2.49. The number of amides is 1. The lowest BCUT2D eigenvalue weighted by Gasteiger charge is -2.36. The minimum atomic E-state index is -0.429. The molecule has 1 fully saturated rings. The lowest BCUT2D eigenvalue weighted by molar-refractivity contribution is 0.0740. The molecule has 0 radical (unpaired) electrons. The third-order valence-corrected chi connectivity index (χ3v) is 4.98. The van der Waals surface area contributed by atoms with Gasteiger partial charge in [-0.1, -0.05) is 30.3 Å². The summed E-state index contributed by atoms with van der Waals surface area (Å²) in [6, 6.07) is 13.8. The average molecular weight is 393 g/mol. The summed E-state index contributed by atoms with van der Waals surface area (Å²) in [7, 11) is 0. The minimum Gasteiger partial charge on any atom is -0.366 e. The van der Waals surface area contributed by atoms with E-state index in [1.54, 1.807) is 4.90 Å². The number of H-pyrrole nitrogens is 1. The Morgan fingerprint density at radius 3 is 2.48 bits per heavy atom. The highest BCUT2D eigenvalue weighted by Crippen LogP contribution is 2.27. The fourth-order valence-corrected chi connectivity index (χ4v) is 3.42. The van der Waals surface area contributed by atoms with Gasteiger partial charge in [0.25, 0.3) is 11.5 Å². The van der Waals surface area contributed by atoms with E-state index in [1.807, 2.05) is 30.3 Å². The number of halogens is 1. The average Bonchev–Trinajstić information content (AvgIpc) is 2.76. The van der Waals surface area contributed by atoms with Gasteiger partial charge in [0.15, 0.2) is 0 Å². The van der Waals surface area contributed by atoms with Gasteiger partial charge in [-0.2, -0.15) is 5.10 Å². The van der Waals surface area contributed by atoms with Crippen LogP contribution < -0.4 is 10.5 Å². The number of aryl methyl sites for hydroxylation is 1. The van der Waals surface area contributed by atoms with Crippen molar-refractivity contribution >= 4 is 11.6 Å². The molecule has 1 aliphatic heterocycles. The van der Waals surface area contributed by atoms with Gasteiger partial charge in [-0.3, -0.25) is 9.59 Å². The maximum absolute atomic E-state index is 13.4. The van der Waals surface area contributed by atoms with Crippen molar-refractivity contribution in [2.75, 3.05) is 31.1 Å². The van der Waals surface area contributed by atoms with Gasteiger partial charge < -0.3 is 9.80 Å². The summed E-state index contributed by atoms with van der Waals surface area (Å²) < 4.78 is 13.4. The van der Waals surface area contributed by atoms with E-state index in [0.29, 0.717) is 31.9 Å². The Balaban J connectivity index is 1.53. The van der Waals surface area contributed by atoms with E-state index in [-0.39, 0.29) is 22.9 Å². The fraction of sp³-hybridized carbons (Fsp3) is 0.238. The molecule has 1 aromatic carbocycles. The number of nitrogens with zero attached hydrogens (tertiary/aromatic N) is 4. The van der Waals surface area contributed by atoms with Gasteiger partial charge in [-0.05, 0) is 19.1 Å². The van der Waals surface area contributed by atoms with Crippen LogP contribution in [-0.4, -0.2) is 52.2 Å². The molecule has 1 aliphatic rings. The molecule has 0 spiro atoms. The maximum atomic E-state index is 13.4. The highest BCUT2D eigenvalue weighted by atomic mass is 19.1. The number of carbonyl (C=O) groups excluding carboxylic acids is 1. The number of benzene rings is 1. The summed E-state index contributed by atoms with van der Waals surface area (Å²) in [5.74, 6) is -0.651. The molecule has 0 unspecified atom stereocenters. The van der Waals surface area contributed by atoms with Crippen LogP contribution in [-0.2, 0) is 0 Å². The smallest absolute Gasteiger partial charge is 0.272 e. The summed E-state index contributed by atoms with van der Waals surface area (Å²) in [5.41, 5.74) is 2.51. The first-order valence-corrected chi connectivity index (χ1v) is 9.35. The zero-order valence-corrected chi connectivity index (χ0v) is 15.9. The van der Waals surface area contributed by atoms with E-state index < -0.39 is 5.82 Å². The molecule has 29 heavy (non-hydrogen) atoms. The number of piperazine rings is 1. The van der Waals surface area contributed by atoms with Crippen LogP contribution >= 0.6 is 0 Å². The van der Waals surface area contributed by atoms with Crippen molar-refractivity contribution in [3.63, 3.8) is 0 Å². The molecule has 8 heteroatoms. The van der Waals surface area contributed by atoms with Gasteiger partial charge in [0.2, 0.25) is 0 Å². The fourth-order valence-electron chi connectivity index (χ4n) is 3.42. The number of aromatic nitrogens is 3. The van der Waals surface area contributed by atoms with Gasteiger partial charge in [-0.25, -0.2) is 14.5 Å². The quantitative estimate of drug-likeness (QED) is 0.738. The van der Waals surface area contributed by atoms with E-state index in [1.165, 1.54) is 25.1 Å². The first-order valence-electron chi connectivity index (χ1n) is 9.35. The molecule has 7 nitrogen and oxygen atoms in total. The number of carbonyl (C=O) groups is 1. The lowest BCUT2D eigenvalue weighted by atomic mass is 10.1.